The van der Waals surface area contributed by atoms with Crippen molar-refractivity contribution in [2.24, 2.45) is 0 Å². The molecule has 6 nitrogen and oxygen atoms in total. The first-order chi connectivity index (χ1) is 11.1. The van der Waals surface area contributed by atoms with E-state index in [1.54, 1.807) is 9.66 Å². The third-order valence-corrected chi connectivity index (χ3v) is 5.49. The Kier molecular flexibility index (Phi) is 5.60. The molecular weight excluding hydrogens is 382 g/mol. The summed E-state index contributed by atoms with van der Waals surface area (Å²) in [6.07, 6.45) is 0.791. The molecule has 130 valence electrons. The van der Waals surface area contributed by atoms with Crippen molar-refractivity contribution >= 4 is 31.8 Å². The predicted molar refractivity (Wildman–Crippen MR) is 85.2 cm³/mol. The minimum Gasteiger partial charge on any atom is -0.211 e. The molecule has 0 atom stereocenters. The van der Waals surface area contributed by atoms with Crippen LogP contribution in [0.1, 0.15) is 0 Å². The van der Waals surface area contributed by atoms with E-state index < -0.39 is 31.7 Å². The Labute approximate surface area is 142 Å². The molecule has 2 rings (SSSR count). The Hall–Kier alpha value is -1.53. The number of hydrogen-bond acceptors (Lipinski definition) is 5. The quantitative estimate of drug-likeness (QED) is 0.730. The average Bonchev–Trinajstić information content (AvgIpc) is 2.48. The summed E-state index contributed by atoms with van der Waals surface area (Å²) < 4.78 is 72.5. The van der Waals surface area contributed by atoms with Crippen molar-refractivity contribution in [2.45, 2.75) is 14.7 Å². The number of nitrogens with one attached hydrogen (secondary N) is 2. The largest absolute Gasteiger partial charge is 0.254 e. The summed E-state index contributed by atoms with van der Waals surface area (Å²) in [6, 6.07) is 8.48. The standard InChI is InChI=1S/C13H12F2N2O4S3/c1-23(18,19)16-17-24(20,21)11-4-2-3-10(8-11)22-13-6-5-9(14)7-12(13)15/h2-8,16-17H,1H3. The first-order valence-electron chi connectivity index (χ1n) is 6.28. The third kappa shape index (κ3) is 5.24. The first kappa shape index (κ1) is 18.8. The van der Waals surface area contributed by atoms with E-state index in [2.05, 4.69) is 0 Å². The topological polar surface area (TPSA) is 92.3 Å². The number of halogens is 2. The molecule has 0 fully saturated rings. The highest BCUT2D eigenvalue weighted by Crippen LogP contribution is 2.31. The van der Waals surface area contributed by atoms with E-state index in [1.807, 2.05) is 0 Å². The molecule has 11 heteroatoms. The Morgan fingerprint density at radius 3 is 2.29 bits per heavy atom. The predicted octanol–water partition coefficient (Wildman–Crippen LogP) is 1.86. The lowest BCUT2D eigenvalue weighted by Gasteiger charge is -2.08. The van der Waals surface area contributed by atoms with Crippen LogP contribution in [0.5, 0.6) is 0 Å². The number of hydrogen-bond donors (Lipinski definition) is 2. The van der Waals surface area contributed by atoms with Gasteiger partial charge in [-0.2, -0.15) is 0 Å². The van der Waals surface area contributed by atoms with Crippen molar-refractivity contribution in [1.82, 2.24) is 9.66 Å². The fraction of sp³-hybridized carbons (Fsp3) is 0.0769. The highest BCUT2D eigenvalue weighted by molar-refractivity contribution is 7.99. The van der Waals surface area contributed by atoms with E-state index in [0.29, 0.717) is 4.90 Å². The average molecular weight is 394 g/mol. The lowest BCUT2D eigenvalue weighted by molar-refractivity contribution is 0.561. The molecule has 0 saturated carbocycles. The Bertz CT molecular complexity index is 963. The van der Waals surface area contributed by atoms with Gasteiger partial charge >= 0.3 is 0 Å². The summed E-state index contributed by atoms with van der Waals surface area (Å²) in [5, 5.41) is 0. The summed E-state index contributed by atoms with van der Waals surface area (Å²) >= 11 is 0.904. The van der Waals surface area contributed by atoms with E-state index in [0.717, 1.165) is 30.2 Å². The summed E-state index contributed by atoms with van der Waals surface area (Å²) in [6.45, 7) is 0. The summed E-state index contributed by atoms with van der Waals surface area (Å²) in [7, 11) is -7.90. The van der Waals surface area contributed by atoms with Crippen LogP contribution in [0.3, 0.4) is 0 Å². The highest BCUT2D eigenvalue weighted by atomic mass is 32.2. The monoisotopic (exact) mass is 394 g/mol. The molecule has 0 unspecified atom stereocenters. The van der Waals surface area contributed by atoms with Gasteiger partial charge in [0.05, 0.1) is 11.2 Å². The maximum atomic E-state index is 13.7. The van der Waals surface area contributed by atoms with Crippen LogP contribution in [-0.2, 0) is 20.0 Å². The molecular formula is C13H12F2N2O4S3. The van der Waals surface area contributed by atoms with E-state index in [-0.39, 0.29) is 9.79 Å². The number of benzene rings is 2. The lowest BCUT2D eigenvalue weighted by atomic mass is 10.3. The van der Waals surface area contributed by atoms with Gasteiger partial charge in [0.15, 0.2) is 0 Å². The Morgan fingerprint density at radius 2 is 1.67 bits per heavy atom. The second-order valence-corrected chi connectivity index (χ2v) is 9.18. The van der Waals surface area contributed by atoms with Gasteiger partial charge in [-0.15, -0.1) is 9.66 Å². The van der Waals surface area contributed by atoms with Gasteiger partial charge in [-0.25, -0.2) is 25.6 Å². The Morgan fingerprint density at radius 1 is 0.958 bits per heavy atom. The molecule has 0 spiro atoms. The minimum absolute atomic E-state index is 0.119. The molecule has 2 N–H and O–H groups in total. The minimum atomic E-state index is -4.13. The van der Waals surface area contributed by atoms with Crippen LogP contribution in [-0.4, -0.2) is 23.1 Å². The molecule has 0 aromatic heterocycles. The van der Waals surface area contributed by atoms with Gasteiger partial charge in [0.25, 0.3) is 10.0 Å². The van der Waals surface area contributed by atoms with Crippen LogP contribution in [0.4, 0.5) is 8.78 Å². The molecule has 0 heterocycles. The van der Waals surface area contributed by atoms with Crippen molar-refractivity contribution < 1.29 is 25.6 Å². The zero-order valence-electron chi connectivity index (χ0n) is 12.2. The van der Waals surface area contributed by atoms with Crippen molar-refractivity contribution in [3.8, 4) is 0 Å². The molecule has 2 aromatic carbocycles. The van der Waals surface area contributed by atoms with Gasteiger partial charge in [0.2, 0.25) is 10.0 Å². The lowest BCUT2D eigenvalue weighted by Crippen LogP contribution is -2.40. The van der Waals surface area contributed by atoms with Gasteiger partial charge in [-0.3, -0.25) is 0 Å². The summed E-state index contributed by atoms with van der Waals surface area (Å²) in [5.41, 5.74) is 0. The van der Waals surface area contributed by atoms with Crippen LogP contribution >= 0.6 is 11.8 Å². The molecule has 0 amide bonds. The Balaban J connectivity index is 2.25. The normalized spacial score (nSPS) is 12.3. The molecule has 0 radical (unpaired) electrons. The zero-order valence-corrected chi connectivity index (χ0v) is 14.6. The van der Waals surface area contributed by atoms with Crippen LogP contribution in [0, 0.1) is 11.6 Å². The molecule has 0 aliphatic heterocycles. The van der Waals surface area contributed by atoms with Crippen LogP contribution < -0.4 is 9.66 Å². The van der Waals surface area contributed by atoms with E-state index >= 15 is 0 Å². The summed E-state index contributed by atoms with van der Waals surface area (Å²) in [5.74, 6) is -1.49. The number of rotatable bonds is 6. The van der Waals surface area contributed by atoms with Gasteiger partial charge in [0.1, 0.15) is 11.6 Å². The highest BCUT2D eigenvalue weighted by Gasteiger charge is 2.17. The second kappa shape index (κ2) is 7.15. The van der Waals surface area contributed by atoms with Crippen LogP contribution in [0.25, 0.3) is 0 Å². The van der Waals surface area contributed by atoms with Gasteiger partial charge in [-0.05, 0) is 30.3 Å². The second-order valence-electron chi connectivity index (χ2n) is 4.63. The van der Waals surface area contributed by atoms with Gasteiger partial charge in [0, 0.05) is 15.9 Å². The molecule has 0 saturated heterocycles. The van der Waals surface area contributed by atoms with Crippen molar-refractivity contribution in [3.05, 3.63) is 54.1 Å². The van der Waals surface area contributed by atoms with E-state index in [4.69, 9.17) is 0 Å². The van der Waals surface area contributed by atoms with Crippen molar-refractivity contribution in [1.29, 1.82) is 0 Å². The van der Waals surface area contributed by atoms with Gasteiger partial charge in [-0.1, -0.05) is 17.8 Å². The molecule has 24 heavy (non-hydrogen) atoms. The van der Waals surface area contributed by atoms with E-state index in [1.165, 1.54) is 30.3 Å². The number of hydrazine groups is 1. The molecule has 0 aliphatic rings. The van der Waals surface area contributed by atoms with Crippen molar-refractivity contribution in [2.75, 3.05) is 6.26 Å². The maximum Gasteiger partial charge on any atom is 0.254 e. The van der Waals surface area contributed by atoms with Crippen LogP contribution in [0.15, 0.2) is 57.2 Å². The third-order valence-electron chi connectivity index (χ3n) is 2.60. The zero-order chi connectivity index (χ0) is 18.0. The first-order valence-corrected chi connectivity index (χ1v) is 10.5. The molecule has 0 bridgehead atoms. The smallest absolute Gasteiger partial charge is 0.211 e. The molecule has 2 aromatic rings. The van der Waals surface area contributed by atoms with Crippen LogP contribution in [0.2, 0.25) is 0 Å². The number of sulfonamides is 2. The fourth-order valence-electron chi connectivity index (χ4n) is 1.58. The van der Waals surface area contributed by atoms with Gasteiger partial charge < -0.3 is 0 Å². The van der Waals surface area contributed by atoms with E-state index in [9.17, 15) is 25.6 Å². The fourth-order valence-corrected chi connectivity index (χ4v) is 4.23. The van der Waals surface area contributed by atoms with Crippen molar-refractivity contribution in [3.63, 3.8) is 0 Å². The molecule has 0 aliphatic carbocycles. The maximum absolute atomic E-state index is 13.7. The summed E-state index contributed by atoms with van der Waals surface area (Å²) in [4.78, 5) is 3.68. The SMILES string of the molecule is CS(=O)(=O)NNS(=O)(=O)c1cccc(Sc2ccc(F)cc2F)c1.